The summed E-state index contributed by atoms with van der Waals surface area (Å²) in [7, 11) is 1.63. The number of rotatable bonds is 8. The molecular formula is C22H26N2O3. The van der Waals surface area contributed by atoms with E-state index in [0.29, 0.717) is 12.2 Å². The number of amides is 1. The van der Waals surface area contributed by atoms with Gasteiger partial charge in [0.25, 0.3) is 5.91 Å². The van der Waals surface area contributed by atoms with Gasteiger partial charge in [-0.1, -0.05) is 32.0 Å². The first-order chi connectivity index (χ1) is 13.2. The summed E-state index contributed by atoms with van der Waals surface area (Å²) in [6.45, 7) is 7.73. The first-order valence-corrected chi connectivity index (χ1v) is 9.31. The highest BCUT2D eigenvalue weighted by Gasteiger charge is 2.23. The van der Waals surface area contributed by atoms with Gasteiger partial charge in [0.05, 0.1) is 7.11 Å². The van der Waals surface area contributed by atoms with Gasteiger partial charge in [-0.05, 0) is 43.4 Å². The lowest BCUT2D eigenvalue weighted by atomic mass is 10.0. The van der Waals surface area contributed by atoms with E-state index in [0.717, 1.165) is 47.9 Å². The minimum Gasteiger partial charge on any atom is -0.497 e. The van der Waals surface area contributed by atoms with Crippen LogP contribution in [0.5, 0.6) is 11.5 Å². The molecule has 1 aliphatic heterocycles. The van der Waals surface area contributed by atoms with Crippen molar-refractivity contribution in [2.75, 3.05) is 38.7 Å². The van der Waals surface area contributed by atoms with Crippen LogP contribution in [0.4, 0.5) is 5.69 Å². The number of benzene rings is 2. The number of nitrogens with one attached hydrogen (secondary N) is 1. The van der Waals surface area contributed by atoms with Crippen LogP contribution < -0.4 is 14.8 Å². The van der Waals surface area contributed by atoms with Crippen molar-refractivity contribution in [1.82, 2.24) is 4.90 Å². The molecule has 5 heteroatoms. The second-order valence-corrected chi connectivity index (χ2v) is 6.34. The summed E-state index contributed by atoms with van der Waals surface area (Å²) in [5.74, 6) is 1.37. The number of fused-ring (bicyclic) bond motifs is 1. The van der Waals surface area contributed by atoms with Crippen LogP contribution in [0.25, 0.3) is 11.6 Å². The molecule has 142 valence electrons. The lowest BCUT2D eigenvalue weighted by molar-refractivity contribution is -0.110. The van der Waals surface area contributed by atoms with Crippen molar-refractivity contribution in [3.8, 4) is 11.5 Å². The number of hydrogen-bond donors (Lipinski definition) is 1. The van der Waals surface area contributed by atoms with Crippen LogP contribution in [0.1, 0.15) is 25.0 Å². The standard InChI is InChI=1S/C22H26N2O3/c1-4-24(5-2)12-13-27-21-11-10-17(26-3)14-16(21)15-19-18-8-6-7-9-20(18)23-22(19)25/h6-11,14-15H,4-5,12-13H2,1-3H3,(H,23,25)/b19-15+. The van der Waals surface area contributed by atoms with Crippen LogP contribution in [0.15, 0.2) is 42.5 Å². The minimum atomic E-state index is -0.104. The molecule has 0 saturated heterocycles. The first kappa shape index (κ1) is 19.0. The zero-order valence-electron chi connectivity index (χ0n) is 16.1. The Hall–Kier alpha value is -2.79. The van der Waals surface area contributed by atoms with Crippen molar-refractivity contribution < 1.29 is 14.3 Å². The Morgan fingerprint density at radius 1 is 1.11 bits per heavy atom. The maximum Gasteiger partial charge on any atom is 0.256 e. The fraction of sp³-hybridized carbons (Fsp3) is 0.318. The number of nitrogens with zero attached hydrogens (tertiary/aromatic N) is 1. The van der Waals surface area contributed by atoms with E-state index < -0.39 is 0 Å². The van der Waals surface area contributed by atoms with E-state index in [9.17, 15) is 4.79 Å². The Morgan fingerprint density at radius 3 is 2.63 bits per heavy atom. The van der Waals surface area contributed by atoms with Gasteiger partial charge in [-0.15, -0.1) is 0 Å². The molecule has 2 aromatic rings. The summed E-state index contributed by atoms with van der Waals surface area (Å²) in [5, 5.41) is 2.90. The van der Waals surface area contributed by atoms with E-state index in [1.165, 1.54) is 0 Å². The average molecular weight is 366 g/mol. The molecule has 0 atom stereocenters. The maximum atomic E-state index is 12.4. The summed E-state index contributed by atoms with van der Waals surface area (Å²) in [5.41, 5.74) is 3.20. The van der Waals surface area contributed by atoms with Gasteiger partial charge in [-0.2, -0.15) is 0 Å². The van der Waals surface area contributed by atoms with Gasteiger partial charge < -0.3 is 19.7 Å². The van der Waals surface area contributed by atoms with Crippen LogP contribution >= 0.6 is 0 Å². The third-order valence-corrected chi connectivity index (χ3v) is 4.79. The lowest BCUT2D eigenvalue weighted by Gasteiger charge is -2.19. The Morgan fingerprint density at radius 2 is 1.89 bits per heavy atom. The zero-order valence-corrected chi connectivity index (χ0v) is 16.1. The number of anilines is 1. The molecule has 0 saturated carbocycles. The Bertz CT molecular complexity index is 841. The quantitative estimate of drug-likeness (QED) is 0.720. The lowest BCUT2D eigenvalue weighted by Crippen LogP contribution is -2.28. The fourth-order valence-electron chi connectivity index (χ4n) is 3.16. The van der Waals surface area contributed by atoms with Crippen LogP contribution in [-0.2, 0) is 4.79 Å². The number of likely N-dealkylation sites (N-methyl/N-ethyl adjacent to an activating group) is 1. The van der Waals surface area contributed by atoms with Crippen molar-refractivity contribution in [3.05, 3.63) is 53.6 Å². The van der Waals surface area contributed by atoms with Gasteiger partial charge in [0.2, 0.25) is 0 Å². The number of hydrogen-bond acceptors (Lipinski definition) is 4. The number of ether oxygens (including phenoxy) is 2. The van der Waals surface area contributed by atoms with Gasteiger partial charge in [0.15, 0.2) is 0 Å². The van der Waals surface area contributed by atoms with Crippen molar-refractivity contribution in [3.63, 3.8) is 0 Å². The number of carbonyl (C=O) groups is 1. The molecule has 0 bridgehead atoms. The summed E-state index contributed by atoms with van der Waals surface area (Å²) in [6, 6.07) is 13.4. The van der Waals surface area contributed by atoms with E-state index in [2.05, 4.69) is 24.1 Å². The topological polar surface area (TPSA) is 50.8 Å². The smallest absolute Gasteiger partial charge is 0.256 e. The van der Waals surface area contributed by atoms with Crippen LogP contribution in [-0.4, -0.2) is 44.2 Å². The molecule has 27 heavy (non-hydrogen) atoms. The SMILES string of the molecule is CCN(CC)CCOc1ccc(OC)cc1/C=C1/C(=O)Nc2ccccc21. The molecule has 0 unspecified atom stereocenters. The van der Waals surface area contributed by atoms with Gasteiger partial charge in [0.1, 0.15) is 18.1 Å². The van der Waals surface area contributed by atoms with E-state index in [4.69, 9.17) is 9.47 Å². The molecule has 1 N–H and O–H groups in total. The Kier molecular flexibility index (Phi) is 6.14. The monoisotopic (exact) mass is 366 g/mol. The molecule has 0 spiro atoms. The highest BCUT2D eigenvalue weighted by molar-refractivity contribution is 6.35. The Labute approximate surface area is 160 Å². The normalized spacial score (nSPS) is 14.4. The summed E-state index contributed by atoms with van der Waals surface area (Å²) in [6.07, 6.45) is 1.87. The van der Waals surface area contributed by atoms with Crippen molar-refractivity contribution in [2.45, 2.75) is 13.8 Å². The molecule has 1 heterocycles. The number of para-hydroxylation sites is 1. The minimum absolute atomic E-state index is 0.104. The molecule has 0 radical (unpaired) electrons. The van der Waals surface area contributed by atoms with Gasteiger partial charge in [-0.25, -0.2) is 0 Å². The number of carbonyl (C=O) groups excluding carboxylic acids is 1. The van der Waals surface area contributed by atoms with E-state index >= 15 is 0 Å². The van der Waals surface area contributed by atoms with Crippen LogP contribution in [0.2, 0.25) is 0 Å². The predicted octanol–water partition coefficient (Wildman–Crippen LogP) is 3.91. The summed E-state index contributed by atoms with van der Waals surface area (Å²) in [4.78, 5) is 14.7. The molecule has 0 fully saturated rings. The summed E-state index contributed by atoms with van der Waals surface area (Å²) >= 11 is 0. The molecule has 0 aliphatic carbocycles. The second-order valence-electron chi connectivity index (χ2n) is 6.34. The highest BCUT2D eigenvalue weighted by Crippen LogP contribution is 2.35. The van der Waals surface area contributed by atoms with Crippen molar-refractivity contribution >= 4 is 23.2 Å². The van der Waals surface area contributed by atoms with Crippen molar-refractivity contribution in [2.24, 2.45) is 0 Å². The van der Waals surface area contributed by atoms with Gasteiger partial charge in [-0.3, -0.25) is 4.79 Å². The molecule has 0 aromatic heterocycles. The maximum absolute atomic E-state index is 12.4. The molecular weight excluding hydrogens is 340 g/mol. The second kappa shape index (κ2) is 8.73. The van der Waals surface area contributed by atoms with Crippen LogP contribution in [0.3, 0.4) is 0 Å². The van der Waals surface area contributed by atoms with E-state index in [1.54, 1.807) is 7.11 Å². The Balaban J connectivity index is 1.88. The van der Waals surface area contributed by atoms with Crippen molar-refractivity contribution in [1.29, 1.82) is 0 Å². The highest BCUT2D eigenvalue weighted by atomic mass is 16.5. The largest absolute Gasteiger partial charge is 0.497 e. The molecule has 5 nitrogen and oxygen atoms in total. The third-order valence-electron chi connectivity index (χ3n) is 4.79. The molecule has 3 rings (SSSR count). The van der Waals surface area contributed by atoms with Gasteiger partial charge in [0, 0.05) is 28.9 Å². The average Bonchev–Trinajstić information content (AvgIpc) is 3.01. The van der Waals surface area contributed by atoms with Crippen LogP contribution in [0, 0.1) is 0 Å². The molecule has 2 aromatic carbocycles. The summed E-state index contributed by atoms with van der Waals surface area (Å²) < 4.78 is 11.4. The third kappa shape index (κ3) is 4.31. The predicted molar refractivity (Wildman–Crippen MR) is 109 cm³/mol. The molecule has 1 aliphatic rings. The van der Waals surface area contributed by atoms with E-state index in [-0.39, 0.29) is 5.91 Å². The fourth-order valence-corrected chi connectivity index (χ4v) is 3.16. The zero-order chi connectivity index (χ0) is 19.2. The van der Waals surface area contributed by atoms with Gasteiger partial charge >= 0.3 is 0 Å². The molecule has 1 amide bonds. The first-order valence-electron chi connectivity index (χ1n) is 9.31. The number of methoxy groups -OCH3 is 1. The van der Waals surface area contributed by atoms with E-state index in [1.807, 2.05) is 48.5 Å².